The van der Waals surface area contributed by atoms with Gasteiger partial charge in [-0.05, 0) is 34.5 Å². The number of aromatic nitrogens is 3. The normalized spacial score (nSPS) is 10.7. The number of halogens is 1. The highest BCUT2D eigenvalue weighted by molar-refractivity contribution is 9.10. The highest BCUT2D eigenvalue weighted by Crippen LogP contribution is 2.26. The van der Waals surface area contributed by atoms with Gasteiger partial charge in [-0.3, -0.25) is 4.79 Å². The Morgan fingerprint density at radius 3 is 2.94 bits per heavy atom. The molecule has 0 aliphatic heterocycles. The van der Waals surface area contributed by atoms with Crippen molar-refractivity contribution in [1.82, 2.24) is 15.0 Å². The third-order valence-corrected chi connectivity index (χ3v) is 2.83. The van der Waals surface area contributed by atoms with Gasteiger partial charge in [-0.1, -0.05) is 18.6 Å². The Balaban J connectivity index is 2.41. The summed E-state index contributed by atoms with van der Waals surface area (Å²) in [7, 11) is 0. The first-order valence-electron chi connectivity index (χ1n) is 5.40. The van der Waals surface area contributed by atoms with Gasteiger partial charge in [0, 0.05) is 6.54 Å². The molecule has 0 aliphatic rings. The van der Waals surface area contributed by atoms with Gasteiger partial charge in [0.1, 0.15) is 5.69 Å². The molecule has 5 nitrogen and oxygen atoms in total. The van der Waals surface area contributed by atoms with Gasteiger partial charge < -0.3 is 4.42 Å². The molecule has 0 radical (unpaired) electrons. The minimum atomic E-state index is 0.308. The van der Waals surface area contributed by atoms with Crippen LogP contribution in [0.3, 0.4) is 0 Å². The predicted molar refractivity (Wildman–Crippen MR) is 65.7 cm³/mol. The first-order valence-corrected chi connectivity index (χ1v) is 6.20. The van der Waals surface area contributed by atoms with Gasteiger partial charge in [-0.25, -0.2) is 4.68 Å². The van der Waals surface area contributed by atoms with Crippen LogP contribution in [0.2, 0.25) is 0 Å². The average Bonchev–Trinajstić information content (AvgIpc) is 2.91. The maximum atomic E-state index is 10.9. The van der Waals surface area contributed by atoms with Crippen molar-refractivity contribution >= 4 is 22.2 Å². The summed E-state index contributed by atoms with van der Waals surface area (Å²) in [6, 6.07) is 3.57. The molecule has 2 rings (SSSR count). The monoisotopic (exact) mass is 297 g/mol. The van der Waals surface area contributed by atoms with Crippen molar-refractivity contribution in [2.75, 3.05) is 0 Å². The van der Waals surface area contributed by atoms with Gasteiger partial charge in [0.2, 0.25) is 0 Å². The van der Waals surface area contributed by atoms with Gasteiger partial charge in [-0.15, -0.1) is 5.10 Å². The zero-order chi connectivity index (χ0) is 12.3. The van der Waals surface area contributed by atoms with Crippen LogP contribution in [-0.2, 0) is 6.54 Å². The Morgan fingerprint density at radius 1 is 1.53 bits per heavy atom. The van der Waals surface area contributed by atoms with Crippen LogP contribution in [0.4, 0.5) is 0 Å². The van der Waals surface area contributed by atoms with Crippen molar-refractivity contribution in [2.45, 2.75) is 26.3 Å². The van der Waals surface area contributed by atoms with Gasteiger partial charge in [0.15, 0.2) is 22.4 Å². The van der Waals surface area contributed by atoms with Gasteiger partial charge in [0.25, 0.3) is 0 Å². The lowest BCUT2D eigenvalue weighted by atomic mass is 10.2. The summed E-state index contributed by atoms with van der Waals surface area (Å²) in [5, 5.41) is 7.81. The highest BCUT2D eigenvalue weighted by atomic mass is 79.9. The molecule has 0 spiro atoms. The topological polar surface area (TPSA) is 60.9 Å². The van der Waals surface area contributed by atoms with E-state index in [0.717, 1.165) is 19.4 Å². The second-order valence-electron chi connectivity index (χ2n) is 3.62. The molecule has 0 saturated carbocycles. The average molecular weight is 298 g/mol. The largest absolute Gasteiger partial charge is 0.448 e. The molecule has 0 aromatic carbocycles. The van der Waals surface area contributed by atoms with E-state index < -0.39 is 0 Å². The lowest BCUT2D eigenvalue weighted by Crippen LogP contribution is -2.02. The summed E-state index contributed by atoms with van der Waals surface area (Å²) in [6.45, 7) is 2.83. The van der Waals surface area contributed by atoms with Crippen LogP contribution >= 0.6 is 15.9 Å². The number of furan rings is 1. The number of aldehydes is 1. The van der Waals surface area contributed by atoms with Crippen molar-refractivity contribution in [1.29, 1.82) is 0 Å². The third kappa shape index (κ3) is 2.46. The van der Waals surface area contributed by atoms with E-state index >= 15 is 0 Å². The number of hydrogen-bond acceptors (Lipinski definition) is 4. The third-order valence-electron chi connectivity index (χ3n) is 2.40. The first-order chi connectivity index (χ1) is 8.26. The molecular weight excluding hydrogens is 286 g/mol. The number of nitrogens with zero attached hydrogens (tertiary/aromatic N) is 3. The summed E-state index contributed by atoms with van der Waals surface area (Å²) in [4.78, 5) is 10.9. The van der Waals surface area contributed by atoms with E-state index in [2.05, 4.69) is 33.2 Å². The Labute approximate surface area is 107 Å². The van der Waals surface area contributed by atoms with Crippen LogP contribution in [0.15, 0.2) is 21.2 Å². The maximum Gasteiger partial charge on any atom is 0.172 e. The van der Waals surface area contributed by atoms with Crippen LogP contribution in [0.25, 0.3) is 11.5 Å². The Hall–Kier alpha value is -1.43. The Bertz CT molecular complexity index is 519. The zero-order valence-electron chi connectivity index (χ0n) is 9.39. The van der Waals surface area contributed by atoms with E-state index in [1.807, 2.05) is 0 Å². The number of hydrogen-bond donors (Lipinski definition) is 0. The first kappa shape index (κ1) is 12.0. The predicted octanol–water partition coefficient (Wildman–Crippen LogP) is 2.91. The van der Waals surface area contributed by atoms with E-state index in [0.29, 0.717) is 28.1 Å². The van der Waals surface area contributed by atoms with Gasteiger partial charge in [0.05, 0.1) is 0 Å². The molecule has 2 heterocycles. The lowest BCUT2D eigenvalue weighted by molar-refractivity contribution is 0.111. The molecule has 17 heavy (non-hydrogen) atoms. The molecule has 90 valence electrons. The van der Waals surface area contributed by atoms with E-state index in [1.165, 1.54) is 0 Å². The van der Waals surface area contributed by atoms with Crippen LogP contribution < -0.4 is 0 Å². The summed E-state index contributed by atoms with van der Waals surface area (Å²) >= 11 is 3.24. The van der Waals surface area contributed by atoms with Crippen molar-refractivity contribution in [2.24, 2.45) is 0 Å². The van der Waals surface area contributed by atoms with Crippen LogP contribution in [0.5, 0.6) is 0 Å². The van der Waals surface area contributed by atoms with Crippen molar-refractivity contribution < 1.29 is 9.21 Å². The molecule has 0 unspecified atom stereocenters. The SMILES string of the molecule is CCCCn1nnc(C=O)c1-c1ccc(Br)o1. The van der Waals surface area contributed by atoms with E-state index in [4.69, 9.17) is 4.42 Å². The molecule has 2 aromatic heterocycles. The molecule has 0 fully saturated rings. The number of aryl methyl sites for hydroxylation is 1. The maximum absolute atomic E-state index is 10.9. The van der Waals surface area contributed by atoms with Crippen LogP contribution in [0, 0.1) is 0 Å². The molecule has 0 amide bonds. The molecule has 0 N–H and O–H groups in total. The van der Waals surface area contributed by atoms with E-state index in [9.17, 15) is 4.79 Å². The van der Waals surface area contributed by atoms with E-state index in [1.54, 1.807) is 16.8 Å². The second-order valence-corrected chi connectivity index (χ2v) is 4.40. The molecule has 0 saturated heterocycles. The van der Waals surface area contributed by atoms with Gasteiger partial charge >= 0.3 is 0 Å². The van der Waals surface area contributed by atoms with Crippen LogP contribution in [-0.4, -0.2) is 21.3 Å². The number of unbranched alkanes of at least 4 members (excludes halogenated alkanes) is 1. The quantitative estimate of drug-likeness (QED) is 0.796. The van der Waals surface area contributed by atoms with Crippen molar-refractivity contribution in [3.05, 3.63) is 22.5 Å². The summed E-state index contributed by atoms with van der Waals surface area (Å²) in [5.74, 6) is 0.597. The summed E-state index contributed by atoms with van der Waals surface area (Å²) in [5.41, 5.74) is 0.946. The number of carbonyl (C=O) groups is 1. The molecule has 2 aromatic rings. The van der Waals surface area contributed by atoms with Crippen molar-refractivity contribution in [3.63, 3.8) is 0 Å². The minimum Gasteiger partial charge on any atom is -0.448 e. The fraction of sp³-hybridized carbons (Fsp3) is 0.364. The molecular formula is C11H12BrN3O2. The second kappa shape index (κ2) is 5.27. The minimum absolute atomic E-state index is 0.308. The van der Waals surface area contributed by atoms with Crippen molar-refractivity contribution in [3.8, 4) is 11.5 Å². The lowest BCUT2D eigenvalue weighted by Gasteiger charge is -2.03. The Kier molecular flexibility index (Phi) is 3.73. The van der Waals surface area contributed by atoms with E-state index in [-0.39, 0.29) is 0 Å². The number of rotatable bonds is 5. The fourth-order valence-corrected chi connectivity index (χ4v) is 1.87. The molecule has 0 bridgehead atoms. The fourth-order valence-electron chi connectivity index (χ4n) is 1.57. The molecule has 6 heteroatoms. The van der Waals surface area contributed by atoms with Crippen LogP contribution in [0.1, 0.15) is 30.3 Å². The number of carbonyl (C=O) groups excluding carboxylic acids is 1. The molecule has 0 aliphatic carbocycles. The van der Waals surface area contributed by atoms with Gasteiger partial charge in [-0.2, -0.15) is 0 Å². The zero-order valence-corrected chi connectivity index (χ0v) is 11.0. The Morgan fingerprint density at radius 2 is 2.35 bits per heavy atom. The highest BCUT2D eigenvalue weighted by Gasteiger charge is 2.17. The summed E-state index contributed by atoms with van der Waals surface area (Å²) in [6.07, 6.45) is 2.73. The molecule has 0 atom stereocenters. The smallest absolute Gasteiger partial charge is 0.172 e. The summed E-state index contributed by atoms with van der Waals surface area (Å²) < 4.78 is 7.77. The standard InChI is InChI=1S/C11H12BrN3O2/c1-2-3-6-15-11(8(7-16)13-14-15)9-4-5-10(12)17-9/h4-5,7H,2-3,6H2,1H3.